The lowest BCUT2D eigenvalue weighted by atomic mass is 9.50. The van der Waals surface area contributed by atoms with Crippen LogP contribution in [0.1, 0.15) is 61.3 Å². The molecule has 2 bridgehead atoms. The van der Waals surface area contributed by atoms with Gasteiger partial charge in [-0.05, 0) is 48.5 Å². The van der Waals surface area contributed by atoms with Crippen LogP contribution in [-0.4, -0.2) is 53.2 Å². The Bertz CT molecular complexity index is 1040. The first-order valence-corrected chi connectivity index (χ1v) is 12.3. The molecule has 0 heterocycles. The lowest BCUT2D eigenvalue weighted by Gasteiger charge is -2.54. The number of rotatable bonds is 4. The second-order valence-electron chi connectivity index (χ2n) is 11.6. The fraction of sp³-hybridized carbons (Fsp3) is 0.704. The van der Waals surface area contributed by atoms with Crippen LogP contribution in [0.3, 0.4) is 0 Å². The van der Waals surface area contributed by atoms with E-state index in [1.165, 1.54) is 20.8 Å². The summed E-state index contributed by atoms with van der Waals surface area (Å²) in [5.74, 6) is -2.61. The summed E-state index contributed by atoms with van der Waals surface area (Å²) in [6.07, 6.45) is 2.60. The van der Waals surface area contributed by atoms with Crippen molar-refractivity contribution in [3.05, 3.63) is 23.3 Å². The van der Waals surface area contributed by atoms with Gasteiger partial charge < -0.3 is 19.3 Å². The molecule has 2 fully saturated rings. The van der Waals surface area contributed by atoms with E-state index in [4.69, 9.17) is 14.2 Å². The minimum absolute atomic E-state index is 0.0194. The van der Waals surface area contributed by atoms with E-state index in [0.717, 1.165) is 6.42 Å². The van der Waals surface area contributed by atoms with Gasteiger partial charge in [-0.3, -0.25) is 19.2 Å². The Kier molecular flexibility index (Phi) is 6.06. The number of carbonyl (C=O) groups is 4. The van der Waals surface area contributed by atoms with Gasteiger partial charge in [-0.2, -0.15) is 0 Å². The Labute approximate surface area is 206 Å². The van der Waals surface area contributed by atoms with Gasteiger partial charge in [0.1, 0.15) is 6.61 Å². The predicted octanol–water partition coefficient (Wildman–Crippen LogP) is 2.92. The highest BCUT2D eigenvalue weighted by atomic mass is 16.6. The molecule has 0 aromatic rings. The van der Waals surface area contributed by atoms with Crippen molar-refractivity contribution in [1.82, 2.24) is 0 Å². The quantitative estimate of drug-likeness (QED) is 0.365. The molecule has 8 heteroatoms. The van der Waals surface area contributed by atoms with Crippen molar-refractivity contribution in [3.8, 4) is 0 Å². The zero-order chi connectivity index (χ0) is 26.1. The van der Waals surface area contributed by atoms with Gasteiger partial charge in [-0.1, -0.05) is 32.9 Å². The van der Waals surface area contributed by atoms with E-state index >= 15 is 0 Å². The van der Waals surface area contributed by atoms with Crippen LogP contribution in [0, 0.1) is 34.5 Å². The minimum Gasteiger partial charge on any atom is -0.461 e. The van der Waals surface area contributed by atoms with E-state index in [1.807, 2.05) is 6.92 Å². The van der Waals surface area contributed by atoms with Crippen molar-refractivity contribution < 1.29 is 38.5 Å². The van der Waals surface area contributed by atoms with Crippen LogP contribution >= 0.6 is 0 Å². The molecule has 2 saturated carbocycles. The minimum atomic E-state index is -2.10. The van der Waals surface area contributed by atoms with Gasteiger partial charge in [0.15, 0.2) is 23.6 Å². The number of esters is 3. The Hall–Kier alpha value is -2.48. The van der Waals surface area contributed by atoms with Crippen molar-refractivity contribution in [2.45, 2.75) is 79.1 Å². The Morgan fingerprint density at radius 3 is 2.20 bits per heavy atom. The standard InChI is InChI=1S/C27H36O8/c1-13-10-26-14(2)8-18-11-25(6,7)21(18)20(22(26)31)9-19(12-33-15(3)28)24(35-17(5)30)27(26,32)23(13)34-16(4)29/h9-10,14,18,20-21,23-24,32H,8,11-12H2,1-7H3/t14-,18+,20+,21-,23+,24-,26+,27-/m1/s1. The highest BCUT2D eigenvalue weighted by Crippen LogP contribution is 2.67. The number of ketones is 1. The van der Waals surface area contributed by atoms with Gasteiger partial charge in [-0.25, -0.2) is 0 Å². The molecule has 1 N–H and O–H groups in total. The third-order valence-electron chi connectivity index (χ3n) is 8.80. The summed E-state index contributed by atoms with van der Waals surface area (Å²) in [5.41, 5.74) is -2.80. The molecule has 192 valence electrons. The maximum atomic E-state index is 14.6. The average molecular weight is 489 g/mol. The molecule has 35 heavy (non-hydrogen) atoms. The number of fused-ring (bicyclic) bond motifs is 3. The van der Waals surface area contributed by atoms with Crippen LogP contribution in [0.25, 0.3) is 0 Å². The van der Waals surface area contributed by atoms with Crippen molar-refractivity contribution in [3.63, 3.8) is 0 Å². The first-order chi connectivity index (χ1) is 16.2. The summed E-state index contributed by atoms with van der Waals surface area (Å²) in [4.78, 5) is 50.8. The zero-order valence-corrected chi connectivity index (χ0v) is 21.5. The van der Waals surface area contributed by atoms with Gasteiger partial charge >= 0.3 is 17.9 Å². The number of hydrogen-bond acceptors (Lipinski definition) is 8. The molecule has 0 aromatic carbocycles. The van der Waals surface area contributed by atoms with Gasteiger partial charge in [0, 0.05) is 32.3 Å². The number of ether oxygens (including phenoxy) is 3. The van der Waals surface area contributed by atoms with E-state index in [0.29, 0.717) is 17.6 Å². The number of carbonyl (C=O) groups excluding carboxylic acids is 4. The first kappa shape index (κ1) is 25.6. The van der Waals surface area contributed by atoms with E-state index in [9.17, 15) is 24.3 Å². The molecule has 4 aliphatic rings. The van der Waals surface area contributed by atoms with Gasteiger partial charge in [0.05, 0.1) is 5.41 Å². The maximum Gasteiger partial charge on any atom is 0.303 e. The van der Waals surface area contributed by atoms with E-state index < -0.39 is 47.0 Å². The first-order valence-electron chi connectivity index (χ1n) is 12.3. The molecule has 0 amide bonds. The molecule has 1 spiro atoms. The molecule has 0 unspecified atom stereocenters. The van der Waals surface area contributed by atoms with Crippen LogP contribution in [0.2, 0.25) is 0 Å². The second-order valence-corrected chi connectivity index (χ2v) is 11.6. The molecule has 0 aromatic heterocycles. The van der Waals surface area contributed by atoms with Crippen molar-refractivity contribution in [2.24, 2.45) is 34.5 Å². The summed E-state index contributed by atoms with van der Waals surface area (Å²) in [6.45, 7) is 11.4. The van der Waals surface area contributed by atoms with Crippen molar-refractivity contribution in [2.75, 3.05) is 6.61 Å². The molecule has 0 radical (unpaired) electrons. The Balaban J connectivity index is 2.01. The zero-order valence-electron chi connectivity index (χ0n) is 21.5. The summed E-state index contributed by atoms with van der Waals surface area (Å²) >= 11 is 0. The third kappa shape index (κ3) is 3.59. The maximum absolute atomic E-state index is 14.6. The number of hydrogen-bond donors (Lipinski definition) is 1. The largest absolute Gasteiger partial charge is 0.461 e. The molecule has 8 nitrogen and oxygen atoms in total. The molecule has 4 rings (SSSR count). The van der Waals surface area contributed by atoms with Crippen LogP contribution < -0.4 is 0 Å². The summed E-state index contributed by atoms with van der Waals surface area (Å²) in [7, 11) is 0. The summed E-state index contributed by atoms with van der Waals surface area (Å²) < 4.78 is 16.7. The topological polar surface area (TPSA) is 116 Å². The van der Waals surface area contributed by atoms with Gasteiger partial charge in [0.2, 0.25) is 0 Å². The van der Waals surface area contributed by atoms with E-state index in [1.54, 1.807) is 19.1 Å². The number of Topliss-reactive ketones (excluding diaryl/α,β-unsaturated/α-hetero) is 1. The normalized spacial score (nSPS) is 41.1. The highest BCUT2D eigenvalue weighted by Gasteiger charge is 2.75. The molecule has 8 atom stereocenters. The molecular weight excluding hydrogens is 452 g/mol. The fourth-order valence-corrected chi connectivity index (χ4v) is 7.79. The fourth-order valence-electron chi connectivity index (χ4n) is 7.79. The Morgan fingerprint density at radius 2 is 1.66 bits per heavy atom. The van der Waals surface area contributed by atoms with E-state index in [2.05, 4.69) is 13.8 Å². The molecule has 4 aliphatic carbocycles. The third-order valence-corrected chi connectivity index (χ3v) is 8.80. The lowest BCUT2D eigenvalue weighted by Crippen LogP contribution is -2.66. The lowest BCUT2D eigenvalue weighted by molar-refractivity contribution is -0.211. The highest BCUT2D eigenvalue weighted by molar-refractivity contribution is 5.95. The van der Waals surface area contributed by atoms with Gasteiger partial charge in [-0.15, -0.1) is 0 Å². The monoisotopic (exact) mass is 488 g/mol. The van der Waals surface area contributed by atoms with Crippen LogP contribution in [0.15, 0.2) is 23.3 Å². The number of allylic oxidation sites excluding steroid dienone is 1. The van der Waals surface area contributed by atoms with Crippen LogP contribution in [0.4, 0.5) is 0 Å². The predicted molar refractivity (Wildman–Crippen MR) is 125 cm³/mol. The van der Waals surface area contributed by atoms with Crippen molar-refractivity contribution >= 4 is 23.7 Å². The smallest absolute Gasteiger partial charge is 0.303 e. The second kappa shape index (κ2) is 8.29. The van der Waals surface area contributed by atoms with Gasteiger partial charge in [0.25, 0.3) is 0 Å². The van der Waals surface area contributed by atoms with E-state index in [-0.39, 0.29) is 35.6 Å². The summed E-state index contributed by atoms with van der Waals surface area (Å²) in [6, 6.07) is 0. The van der Waals surface area contributed by atoms with Crippen LogP contribution in [-0.2, 0) is 33.4 Å². The Morgan fingerprint density at radius 1 is 1.06 bits per heavy atom. The van der Waals surface area contributed by atoms with Crippen LogP contribution in [0.5, 0.6) is 0 Å². The van der Waals surface area contributed by atoms with Crippen molar-refractivity contribution in [1.29, 1.82) is 0 Å². The molecule has 0 saturated heterocycles. The summed E-state index contributed by atoms with van der Waals surface area (Å²) in [5, 5.41) is 12.7. The SMILES string of the molecule is CC(=O)OCC1=C[C@@H]2C(=O)[C@]3(C=C(C)[C@H](OC(C)=O)[C@@]3(O)[C@@H]1OC(C)=O)[C@H](C)C[C@H]1CC(C)(C)[C@H]12. The molecule has 0 aliphatic heterocycles. The number of aliphatic hydroxyl groups is 1. The molecular formula is C27H36O8. The average Bonchev–Trinajstić information content (AvgIpc) is 2.87.